The van der Waals surface area contributed by atoms with Crippen molar-refractivity contribution in [3.63, 3.8) is 0 Å². The highest BCUT2D eigenvalue weighted by atomic mass is 32.2. The van der Waals surface area contributed by atoms with E-state index in [1.165, 1.54) is 18.4 Å². The van der Waals surface area contributed by atoms with Gasteiger partial charge in [0.1, 0.15) is 0 Å². The molecule has 108 valence electrons. The number of sulfonamides is 1. The maximum absolute atomic E-state index is 11.9. The summed E-state index contributed by atoms with van der Waals surface area (Å²) in [7, 11) is -0.341. The predicted molar refractivity (Wildman–Crippen MR) is 83.4 cm³/mol. The molecular weight excluding hydrogens is 294 g/mol. The monoisotopic (exact) mass is 311 g/mol. The summed E-state index contributed by atoms with van der Waals surface area (Å²) in [6.07, 6.45) is 0. The summed E-state index contributed by atoms with van der Waals surface area (Å²) in [6.45, 7) is 0.628. The van der Waals surface area contributed by atoms with Gasteiger partial charge in [-0.15, -0.1) is 11.3 Å². The van der Waals surface area contributed by atoms with Crippen LogP contribution in [0.3, 0.4) is 0 Å². The summed E-state index contributed by atoms with van der Waals surface area (Å²) in [6, 6.07) is 8.56. The molecule has 0 fully saturated rings. The van der Waals surface area contributed by atoms with E-state index in [0.29, 0.717) is 6.54 Å². The quantitative estimate of drug-likeness (QED) is 0.887. The number of nitrogen functional groups attached to an aromatic ring is 1. The van der Waals surface area contributed by atoms with E-state index in [1.54, 1.807) is 35.6 Å². The Morgan fingerprint density at radius 2 is 1.85 bits per heavy atom. The van der Waals surface area contributed by atoms with Crippen molar-refractivity contribution in [1.82, 2.24) is 4.31 Å². The van der Waals surface area contributed by atoms with Crippen LogP contribution in [-0.4, -0.2) is 26.8 Å². The maximum atomic E-state index is 11.9. The standard InChI is InChI=1S/C13H17N3O2S2/c1-16(2)20(17,18)11-5-3-10(4-6-11)15-9-13-12(14)7-8-19-13/h3-8,15H,9,14H2,1-2H3. The van der Waals surface area contributed by atoms with Gasteiger partial charge in [-0.25, -0.2) is 12.7 Å². The maximum Gasteiger partial charge on any atom is 0.242 e. The second-order valence-corrected chi connectivity index (χ2v) is 7.62. The van der Waals surface area contributed by atoms with Crippen molar-refractivity contribution in [1.29, 1.82) is 0 Å². The highest BCUT2D eigenvalue weighted by Gasteiger charge is 2.16. The van der Waals surface area contributed by atoms with Gasteiger partial charge in [0.2, 0.25) is 10.0 Å². The van der Waals surface area contributed by atoms with Crippen molar-refractivity contribution in [2.45, 2.75) is 11.4 Å². The van der Waals surface area contributed by atoms with E-state index >= 15 is 0 Å². The molecule has 3 N–H and O–H groups in total. The van der Waals surface area contributed by atoms with Gasteiger partial charge in [-0.05, 0) is 35.7 Å². The Morgan fingerprint density at radius 1 is 1.20 bits per heavy atom. The molecule has 0 bridgehead atoms. The predicted octanol–water partition coefficient (Wildman–Crippen LogP) is 2.19. The van der Waals surface area contributed by atoms with E-state index in [4.69, 9.17) is 5.73 Å². The molecule has 2 rings (SSSR count). The molecule has 0 radical (unpaired) electrons. The van der Waals surface area contributed by atoms with Crippen LogP contribution in [-0.2, 0) is 16.6 Å². The Morgan fingerprint density at radius 3 is 2.35 bits per heavy atom. The normalized spacial score (nSPS) is 11.8. The van der Waals surface area contributed by atoms with Gasteiger partial charge in [-0.1, -0.05) is 0 Å². The van der Waals surface area contributed by atoms with Gasteiger partial charge < -0.3 is 11.1 Å². The van der Waals surface area contributed by atoms with E-state index in [9.17, 15) is 8.42 Å². The molecule has 7 heteroatoms. The van der Waals surface area contributed by atoms with Crippen LogP contribution in [0.1, 0.15) is 4.88 Å². The van der Waals surface area contributed by atoms with E-state index in [0.717, 1.165) is 16.3 Å². The molecule has 0 atom stereocenters. The van der Waals surface area contributed by atoms with Crippen LogP contribution >= 0.6 is 11.3 Å². The third-order valence-electron chi connectivity index (χ3n) is 2.87. The number of rotatable bonds is 5. The number of benzene rings is 1. The van der Waals surface area contributed by atoms with Crippen LogP contribution in [0.15, 0.2) is 40.6 Å². The van der Waals surface area contributed by atoms with Crippen molar-refractivity contribution in [2.75, 3.05) is 25.1 Å². The molecule has 0 aliphatic heterocycles. The molecule has 0 amide bonds. The number of thiophene rings is 1. The minimum Gasteiger partial charge on any atom is -0.398 e. The molecule has 20 heavy (non-hydrogen) atoms. The lowest BCUT2D eigenvalue weighted by Gasteiger charge is -2.12. The third-order valence-corrected chi connectivity index (χ3v) is 5.63. The number of hydrogen-bond donors (Lipinski definition) is 2. The lowest BCUT2D eigenvalue weighted by atomic mass is 10.3. The highest BCUT2D eigenvalue weighted by Crippen LogP contribution is 2.21. The van der Waals surface area contributed by atoms with Gasteiger partial charge in [-0.2, -0.15) is 0 Å². The highest BCUT2D eigenvalue weighted by molar-refractivity contribution is 7.89. The zero-order chi connectivity index (χ0) is 14.8. The van der Waals surface area contributed by atoms with Crippen molar-refractivity contribution >= 4 is 32.7 Å². The number of hydrogen-bond acceptors (Lipinski definition) is 5. The third kappa shape index (κ3) is 3.12. The molecule has 1 aromatic heterocycles. The van der Waals surface area contributed by atoms with Crippen molar-refractivity contribution in [2.24, 2.45) is 0 Å². The van der Waals surface area contributed by atoms with Crippen molar-refractivity contribution in [3.8, 4) is 0 Å². The largest absolute Gasteiger partial charge is 0.398 e. The van der Waals surface area contributed by atoms with Gasteiger partial charge in [0.25, 0.3) is 0 Å². The Hall–Kier alpha value is -1.57. The Kier molecular flexibility index (Phi) is 4.32. The van der Waals surface area contributed by atoms with Crippen LogP contribution < -0.4 is 11.1 Å². The lowest BCUT2D eigenvalue weighted by molar-refractivity contribution is 0.521. The van der Waals surface area contributed by atoms with Gasteiger partial charge >= 0.3 is 0 Å². The summed E-state index contributed by atoms with van der Waals surface area (Å²) >= 11 is 1.59. The van der Waals surface area contributed by atoms with E-state index in [-0.39, 0.29) is 4.90 Å². The Balaban J connectivity index is 2.08. The summed E-state index contributed by atoms with van der Waals surface area (Å²) < 4.78 is 25.0. The molecule has 1 heterocycles. The molecule has 0 spiro atoms. The van der Waals surface area contributed by atoms with Gasteiger partial charge in [-0.3, -0.25) is 0 Å². The van der Waals surface area contributed by atoms with Crippen LogP contribution in [0.5, 0.6) is 0 Å². The molecule has 5 nitrogen and oxygen atoms in total. The molecular formula is C13H17N3O2S2. The molecule has 1 aromatic carbocycles. The summed E-state index contributed by atoms with van der Waals surface area (Å²) in [4.78, 5) is 1.35. The Labute approximate surface area is 123 Å². The summed E-state index contributed by atoms with van der Waals surface area (Å²) in [5, 5.41) is 5.16. The first-order chi connectivity index (χ1) is 9.41. The molecule has 0 saturated heterocycles. The van der Waals surface area contributed by atoms with Gasteiger partial charge in [0.15, 0.2) is 0 Å². The zero-order valence-electron chi connectivity index (χ0n) is 11.3. The SMILES string of the molecule is CN(C)S(=O)(=O)c1ccc(NCc2sccc2N)cc1. The first-order valence-corrected chi connectivity index (χ1v) is 8.31. The summed E-state index contributed by atoms with van der Waals surface area (Å²) in [5.41, 5.74) is 7.43. The van der Waals surface area contributed by atoms with Crippen molar-refractivity contribution < 1.29 is 8.42 Å². The number of anilines is 2. The fourth-order valence-electron chi connectivity index (χ4n) is 1.63. The number of nitrogens with two attached hydrogens (primary N) is 1. The average molecular weight is 311 g/mol. The molecule has 0 saturated carbocycles. The molecule has 0 aliphatic rings. The van der Waals surface area contributed by atoms with E-state index in [2.05, 4.69) is 5.32 Å². The average Bonchev–Trinajstić information content (AvgIpc) is 2.82. The number of nitrogens with one attached hydrogen (secondary N) is 1. The molecule has 0 unspecified atom stereocenters. The fourth-order valence-corrected chi connectivity index (χ4v) is 3.27. The smallest absolute Gasteiger partial charge is 0.242 e. The van der Waals surface area contributed by atoms with Gasteiger partial charge in [0.05, 0.1) is 11.4 Å². The minimum atomic E-state index is -3.37. The summed E-state index contributed by atoms with van der Waals surface area (Å²) in [5.74, 6) is 0. The topological polar surface area (TPSA) is 75.4 Å². The first kappa shape index (κ1) is 14.8. The van der Waals surface area contributed by atoms with Gasteiger partial charge in [0, 0.05) is 30.3 Å². The Bertz CT molecular complexity index is 676. The second kappa shape index (κ2) is 5.82. The van der Waals surface area contributed by atoms with Crippen molar-refractivity contribution in [3.05, 3.63) is 40.6 Å². The lowest BCUT2D eigenvalue weighted by Crippen LogP contribution is -2.22. The van der Waals surface area contributed by atoms with Crippen LogP contribution in [0, 0.1) is 0 Å². The first-order valence-electron chi connectivity index (χ1n) is 5.99. The number of nitrogens with zero attached hydrogens (tertiary/aromatic N) is 1. The molecule has 2 aromatic rings. The fraction of sp³-hybridized carbons (Fsp3) is 0.231. The second-order valence-electron chi connectivity index (χ2n) is 4.46. The van der Waals surface area contributed by atoms with E-state index in [1.807, 2.05) is 11.4 Å². The van der Waals surface area contributed by atoms with Crippen LogP contribution in [0.4, 0.5) is 11.4 Å². The molecule has 0 aliphatic carbocycles. The zero-order valence-corrected chi connectivity index (χ0v) is 13.0. The van der Waals surface area contributed by atoms with E-state index < -0.39 is 10.0 Å². The van der Waals surface area contributed by atoms with Crippen LogP contribution in [0.25, 0.3) is 0 Å². The van der Waals surface area contributed by atoms with Crippen LogP contribution in [0.2, 0.25) is 0 Å². The minimum absolute atomic E-state index is 0.281.